The van der Waals surface area contributed by atoms with E-state index < -0.39 is 17.6 Å². The molecule has 0 saturated carbocycles. The maximum absolute atomic E-state index is 12.8. The van der Waals surface area contributed by atoms with Gasteiger partial charge in [-0.15, -0.1) is 11.8 Å². The molecule has 0 aromatic heterocycles. The lowest BCUT2D eigenvalue weighted by atomic mass is 10.2. The molecule has 132 valence electrons. The minimum Gasteiger partial charge on any atom is -0.496 e. The molecule has 2 amide bonds. The molecule has 0 bridgehead atoms. The Morgan fingerprint density at radius 2 is 1.84 bits per heavy atom. The second-order valence-electron chi connectivity index (χ2n) is 4.81. The van der Waals surface area contributed by atoms with Crippen LogP contribution < -0.4 is 20.3 Å². The van der Waals surface area contributed by atoms with Crippen molar-refractivity contribution in [3.8, 4) is 11.5 Å². The molecule has 0 aliphatic rings. The number of carbonyl (C=O) groups is 2. The van der Waals surface area contributed by atoms with Gasteiger partial charge in [0.15, 0.2) is 6.61 Å². The minimum absolute atomic E-state index is 0.292. The number of ether oxygens (including phenoxy) is 2. The summed E-state index contributed by atoms with van der Waals surface area (Å²) >= 11 is 1.52. The van der Waals surface area contributed by atoms with Crippen molar-refractivity contribution >= 4 is 23.6 Å². The van der Waals surface area contributed by atoms with Crippen molar-refractivity contribution in [2.75, 3.05) is 20.0 Å². The Labute approximate surface area is 148 Å². The molecule has 0 saturated heterocycles. The predicted octanol–water partition coefficient (Wildman–Crippen LogP) is 2.40. The van der Waals surface area contributed by atoms with Gasteiger partial charge in [0.2, 0.25) is 0 Å². The molecule has 8 heteroatoms. The van der Waals surface area contributed by atoms with E-state index in [2.05, 4.69) is 10.9 Å². The van der Waals surface area contributed by atoms with Crippen LogP contribution in [-0.4, -0.2) is 31.8 Å². The van der Waals surface area contributed by atoms with Crippen LogP contribution in [0.1, 0.15) is 10.4 Å². The average Bonchev–Trinajstić information content (AvgIpc) is 2.65. The number of benzene rings is 2. The second-order valence-corrected chi connectivity index (χ2v) is 5.69. The zero-order valence-electron chi connectivity index (χ0n) is 13.7. The lowest BCUT2D eigenvalue weighted by molar-refractivity contribution is -0.123. The van der Waals surface area contributed by atoms with Crippen molar-refractivity contribution in [3.63, 3.8) is 0 Å². The van der Waals surface area contributed by atoms with Gasteiger partial charge in [0.25, 0.3) is 11.8 Å². The Hall–Kier alpha value is -2.74. The highest BCUT2D eigenvalue weighted by Crippen LogP contribution is 2.25. The number of halogens is 1. The Bertz CT molecular complexity index is 753. The van der Waals surface area contributed by atoms with Crippen LogP contribution in [0.4, 0.5) is 4.39 Å². The number of carbonyl (C=O) groups excluding carboxylic acids is 2. The molecule has 2 N–H and O–H groups in total. The Kier molecular flexibility index (Phi) is 6.64. The molecule has 0 radical (unpaired) electrons. The number of methoxy groups -OCH3 is 1. The topological polar surface area (TPSA) is 76.7 Å². The first-order valence-electron chi connectivity index (χ1n) is 7.23. The lowest BCUT2D eigenvalue weighted by Gasteiger charge is -2.11. The van der Waals surface area contributed by atoms with Crippen LogP contribution >= 0.6 is 11.8 Å². The summed E-state index contributed by atoms with van der Waals surface area (Å²) < 4.78 is 23.1. The van der Waals surface area contributed by atoms with E-state index in [-0.39, 0.29) is 6.61 Å². The summed E-state index contributed by atoms with van der Waals surface area (Å²) in [6.45, 7) is -0.325. The number of hydrogen-bond donors (Lipinski definition) is 2. The summed E-state index contributed by atoms with van der Waals surface area (Å²) in [6, 6.07) is 10.4. The summed E-state index contributed by atoms with van der Waals surface area (Å²) in [5, 5.41) is 0. The van der Waals surface area contributed by atoms with E-state index in [1.54, 1.807) is 18.2 Å². The molecular formula is C17H17FN2O4S. The number of hydrazine groups is 1. The van der Waals surface area contributed by atoms with Gasteiger partial charge in [0, 0.05) is 4.90 Å². The normalized spacial score (nSPS) is 10.0. The number of nitrogens with one attached hydrogen (secondary N) is 2. The number of hydrogen-bond acceptors (Lipinski definition) is 5. The van der Waals surface area contributed by atoms with Gasteiger partial charge in [-0.2, -0.15) is 0 Å². The van der Waals surface area contributed by atoms with E-state index in [1.807, 2.05) is 6.26 Å². The van der Waals surface area contributed by atoms with Crippen LogP contribution in [-0.2, 0) is 4.79 Å². The Balaban J connectivity index is 1.86. The van der Waals surface area contributed by atoms with Crippen LogP contribution in [0, 0.1) is 5.82 Å². The van der Waals surface area contributed by atoms with Gasteiger partial charge >= 0.3 is 0 Å². The summed E-state index contributed by atoms with van der Waals surface area (Å²) in [5.74, 6) is -0.721. The Morgan fingerprint density at radius 3 is 2.48 bits per heavy atom. The maximum Gasteiger partial charge on any atom is 0.276 e. The van der Waals surface area contributed by atoms with Gasteiger partial charge in [-0.3, -0.25) is 20.4 Å². The smallest absolute Gasteiger partial charge is 0.276 e. The van der Waals surface area contributed by atoms with E-state index in [4.69, 9.17) is 9.47 Å². The standard InChI is InChI=1S/C17H17FN2O4S/c1-23-15-9-13(25-2)7-8-14(15)17(22)20-19-16(21)10-24-12-5-3-11(18)4-6-12/h3-9H,10H2,1-2H3,(H,19,21)(H,20,22). The first kappa shape index (κ1) is 18.6. The first-order valence-corrected chi connectivity index (χ1v) is 8.45. The molecule has 0 spiro atoms. The maximum atomic E-state index is 12.8. The van der Waals surface area contributed by atoms with Gasteiger partial charge in [0.05, 0.1) is 12.7 Å². The van der Waals surface area contributed by atoms with Crippen LogP contribution in [0.3, 0.4) is 0 Å². The molecule has 0 atom stereocenters. The fourth-order valence-corrected chi connectivity index (χ4v) is 2.32. The third kappa shape index (κ3) is 5.39. The molecule has 25 heavy (non-hydrogen) atoms. The van der Waals surface area contributed by atoms with Gasteiger partial charge in [-0.25, -0.2) is 4.39 Å². The van der Waals surface area contributed by atoms with Crippen molar-refractivity contribution in [2.45, 2.75) is 4.90 Å². The first-order chi connectivity index (χ1) is 12.0. The molecule has 2 rings (SSSR count). The molecule has 2 aromatic carbocycles. The van der Waals surface area contributed by atoms with Crippen LogP contribution in [0.15, 0.2) is 47.4 Å². The SMILES string of the molecule is COc1cc(SC)ccc1C(=O)NNC(=O)COc1ccc(F)cc1. The van der Waals surface area contributed by atoms with E-state index in [0.717, 1.165) is 4.90 Å². The van der Waals surface area contributed by atoms with E-state index in [0.29, 0.717) is 17.1 Å². The largest absolute Gasteiger partial charge is 0.496 e. The van der Waals surface area contributed by atoms with Gasteiger partial charge in [-0.1, -0.05) is 0 Å². The van der Waals surface area contributed by atoms with Crippen molar-refractivity contribution in [1.82, 2.24) is 10.9 Å². The van der Waals surface area contributed by atoms with E-state index >= 15 is 0 Å². The summed E-state index contributed by atoms with van der Waals surface area (Å²) in [6.07, 6.45) is 1.91. The highest BCUT2D eigenvalue weighted by molar-refractivity contribution is 7.98. The zero-order valence-corrected chi connectivity index (χ0v) is 14.5. The van der Waals surface area contributed by atoms with E-state index in [9.17, 15) is 14.0 Å². The Morgan fingerprint density at radius 1 is 1.12 bits per heavy atom. The van der Waals surface area contributed by atoms with Gasteiger partial charge < -0.3 is 9.47 Å². The predicted molar refractivity (Wildman–Crippen MR) is 92.3 cm³/mol. The summed E-state index contributed by atoms with van der Waals surface area (Å²) in [7, 11) is 1.46. The third-order valence-corrected chi connectivity index (χ3v) is 3.88. The molecule has 6 nitrogen and oxygen atoms in total. The summed E-state index contributed by atoms with van der Waals surface area (Å²) in [4.78, 5) is 24.8. The van der Waals surface area contributed by atoms with Crippen LogP contribution in [0.5, 0.6) is 11.5 Å². The number of amides is 2. The van der Waals surface area contributed by atoms with Crippen molar-refractivity contribution in [3.05, 3.63) is 53.8 Å². The van der Waals surface area contributed by atoms with Crippen LogP contribution in [0.2, 0.25) is 0 Å². The molecule has 0 aliphatic heterocycles. The molecule has 0 aliphatic carbocycles. The molecule has 2 aromatic rings. The number of rotatable bonds is 6. The van der Waals surface area contributed by atoms with Crippen LogP contribution in [0.25, 0.3) is 0 Å². The monoisotopic (exact) mass is 364 g/mol. The highest BCUT2D eigenvalue weighted by atomic mass is 32.2. The fraction of sp³-hybridized carbons (Fsp3) is 0.176. The van der Waals surface area contributed by atoms with Crippen molar-refractivity contribution in [2.24, 2.45) is 0 Å². The molecular weight excluding hydrogens is 347 g/mol. The highest BCUT2D eigenvalue weighted by Gasteiger charge is 2.14. The fourth-order valence-electron chi connectivity index (χ4n) is 1.90. The van der Waals surface area contributed by atoms with Crippen molar-refractivity contribution in [1.29, 1.82) is 0 Å². The second kappa shape index (κ2) is 8.93. The zero-order chi connectivity index (χ0) is 18.2. The molecule has 0 unspecified atom stereocenters. The van der Waals surface area contributed by atoms with Gasteiger partial charge in [0.1, 0.15) is 17.3 Å². The number of thioether (sulfide) groups is 1. The van der Waals surface area contributed by atoms with E-state index in [1.165, 1.54) is 43.1 Å². The molecule has 0 heterocycles. The third-order valence-electron chi connectivity index (χ3n) is 3.15. The minimum atomic E-state index is -0.558. The lowest BCUT2D eigenvalue weighted by Crippen LogP contribution is -2.43. The quantitative estimate of drug-likeness (QED) is 0.608. The average molecular weight is 364 g/mol. The van der Waals surface area contributed by atoms with Gasteiger partial charge in [-0.05, 0) is 48.7 Å². The summed E-state index contributed by atoms with van der Waals surface area (Å²) in [5.41, 5.74) is 4.83. The molecule has 0 fully saturated rings. The van der Waals surface area contributed by atoms with Crippen molar-refractivity contribution < 1.29 is 23.5 Å².